The molecule has 0 unspecified atom stereocenters. The monoisotopic (exact) mass is 329 g/mol. The van der Waals surface area contributed by atoms with Crippen LogP contribution in [0.3, 0.4) is 0 Å². The number of ether oxygens (including phenoxy) is 1. The maximum atomic E-state index is 11.9. The highest BCUT2D eigenvalue weighted by Crippen LogP contribution is 2.12. The fourth-order valence-electron chi connectivity index (χ4n) is 1.89. The van der Waals surface area contributed by atoms with E-state index in [4.69, 9.17) is 4.74 Å². The summed E-state index contributed by atoms with van der Waals surface area (Å²) in [5.41, 5.74) is 0.759. The lowest BCUT2D eigenvalue weighted by atomic mass is 10.2. The zero-order chi connectivity index (χ0) is 17.5. The van der Waals surface area contributed by atoms with Crippen molar-refractivity contribution in [2.75, 3.05) is 13.2 Å². The summed E-state index contributed by atoms with van der Waals surface area (Å²) in [6.07, 6.45) is 0. The third-order valence-electron chi connectivity index (χ3n) is 3.07. The van der Waals surface area contributed by atoms with E-state index < -0.39 is 24.5 Å². The molecule has 3 amide bonds. The normalized spacial score (nSPS) is 10.5. The van der Waals surface area contributed by atoms with Crippen LogP contribution >= 0.6 is 0 Å². The lowest BCUT2D eigenvalue weighted by Gasteiger charge is -2.09. The van der Waals surface area contributed by atoms with Crippen LogP contribution in [0.2, 0.25) is 0 Å². The van der Waals surface area contributed by atoms with Gasteiger partial charge in [0.25, 0.3) is 5.91 Å². The number of fused-ring (bicyclic) bond motifs is 1. The van der Waals surface area contributed by atoms with E-state index in [0.717, 1.165) is 5.39 Å². The second-order valence-electron chi connectivity index (χ2n) is 5.62. The summed E-state index contributed by atoms with van der Waals surface area (Å²) < 4.78 is 4.87. The number of rotatable bonds is 5. The number of pyridine rings is 1. The molecule has 0 atom stereocenters. The summed E-state index contributed by atoms with van der Waals surface area (Å²) in [5, 5.41) is 5.51. The second kappa shape index (κ2) is 8.05. The Morgan fingerprint density at radius 1 is 1.12 bits per heavy atom. The number of hydrogen-bond donors (Lipinski definition) is 2. The van der Waals surface area contributed by atoms with Crippen molar-refractivity contribution in [1.82, 2.24) is 15.6 Å². The molecule has 1 aromatic heterocycles. The summed E-state index contributed by atoms with van der Waals surface area (Å²) in [6, 6.07) is 9.99. The fraction of sp³-hybridized carbons (Fsp3) is 0.294. The van der Waals surface area contributed by atoms with Crippen LogP contribution in [0.4, 0.5) is 4.79 Å². The average Bonchev–Trinajstić information content (AvgIpc) is 2.57. The lowest BCUT2D eigenvalue weighted by Crippen LogP contribution is -2.42. The molecule has 126 valence electrons. The van der Waals surface area contributed by atoms with Gasteiger partial charge in [0.15, 0.2) is 6.61 Å². The Bertz CT molecular complexity index is 758. The molecule has 0 fully saturated rings. The summed E-state index contributed by atoms with van der Waals surface area (Å²) in [5.74, 6) is -1.16. The zero-order valence-corrected chi connectivity index (χ0v) is 13.5. The van der Waals surface area contributed by atoms with Gasteiger partial charge in [0.05, 0.1) is 5.52 Å². The van der Waals surface area contributed by atoms with Gasteiger partial charge in [0.2, 0.25) is 0 Å². The lowest BCUT2D eigenvalue weighted by molar-refractivity contribution is -0.123. The van der Waals surface area contributed by atoms with Crippen molar-refractivity contribution in [2.24, 2.45) is 5.92 Å². The minimum Gasteiger partial charge on any atom is -0.451 e. The van der Waals surface area contributed by atoms with Crippen molar-refractivity contribution in [1.29, 1.82) is 0 Å². The van der Waals surface area contributed by atoms with Gasteiger partial charge in [-0.15, -0.1) is 0 Å². The number of nitrogens with zero attached hydrogens (tertiary/aromatic N) is 1. The number of esters is 1. The molecule has 0 saturated heterocycles. The van der Waals surface area contributed by atoms with Gasteiger partial charge in [-0.05, 0) is 18.1 Å². The molecule has 7 heteroatoms. The topological polar surface area (TPSA) is 97.4 Å². The molecule has 1 aromatic carbocycles. The first-order valence-corrected chi connectivity index (χ1v) is 7.56. The Kier molecular flexibility index (Phi) is 5.83. The van der Waals surface area contributed by atoms with Gasteiger partial charge in [-0.25, -0.2) is 14.6 Å². The van der Waals surface area contributed by atoms with E-state index in [1.807, 2.05) is 32.0 Å². The van der Waals surface area contributed by atoms with E-state index >= 15 is 0 Å². The molecule has 7 nitrogen and oxygen atoms in total. The van der Waals surface area contributed by atoms with Gasteiger partial charge in [-0.1, -0.05) is 38.1 Å². The fourth-order valence-corrected chi connectivity index (χ4v) is 1.89. The molecule has 0 radical (unpaired) electrons. The van der Waals surface area contributed by atoms with Gasteiger partial charge in [-0.3, -0.25) is 10.1 Å². The number of carbonyl (C=O) groups is 3. The number of hydrogen-bond acceptors (Lipinski definition) is 5. The third kappa shape index (κ3) is 5.05. The Balaban J connectivity index is 1.85. The van der Waals surface area contributed by atoms with Crippen molar-refractivity contribution >= 4 is 28.8 Å². The van der Waals surface area contributed by atoms with Gasteiger partial charge < -0.3 is 10.1 Å². The SMILES string of the molecule is CC(C)CNC(=O)NC(=O)COC(=O)c1ccc2ccccc2n1. The molecule has 1 heterocycles. The predicted molar refractivity (Wildman–Crippen MR) is 88.4 cm³/mol. The van der Waals surface area contributed by atoms with Crippen molar-refractivity contribution in [3.8, 4) is 0 Å². The number of aromatic nitrogens is 1. The summed E-state index contributed by atoms with van der Waals surface area (Å²) in [7, 11) is 0. The van der Waals surface area contributed by atoms with Crippen LogP contribution in [0.15, 0.2) is 36.4 Å². The molecule has 0 aliphatic carbocycles. The summed E-state index contributed by atoms with van der Waals surface area (Å²) >= 11 is 0. The molecule has 2 aromatic rings. The molecule has 2 N–H and O–H groups in total. The van der Waals surface area contributed by atoms with Crippen molar-refractivity contribution in [2.45, 2.75) is 13.8 Å². The number of carbonyl (C=O) groups excluding carboxylic acids is 3. The van der Waals surface area contributed by atoms with Gasteiger partial charge in [0.1, 0.15) is 5.69 Å². The van der Waals surface area contributed by atoms with E-state index in [1.165, 1.54) is 6.07 Å². The largest absolute Gasteiger partial charge is 0.451 e. The van der Waals surface area contributed by atoms with E-state index in [0.29, 0.717) is 12.1 Å². The number of benzene rings is 1. The Hall–Kier alpha value is -2.96. The van der Waals surface area contributed by atoms with E-state index in [9.17, 15) is 14.4 Å². The minimum absolute atomic E-state index is 0.103. The molecule has 0 aliphatic heterocycles. The molecule has 0 saturated carbocycles. The maximum absolute atomic E-state index is 11.9. The molecular weight excluding hydrogens is 310 g/mol. The Morgan fingerprint density at radius 3 is 2.62 bits per heavy atom. The summed E-state index contributed by atoms with van der Waals surface area (Å²) in [6.45, 7) is 3.75. The van der Waals surface area contributed by atoms with Gasteiger partial charge >= 0.3 is 12.0 Å². The molecule has 0 aliphatic rings. The van der Waals surface area contributed by atoms with E-state index in [-0.39, 0.29) is 11.6 Å². The van der Waals surface area contributed by atoms with Crippen LogP contribution in [0.5, 0.6) is 0 Å². The zero-order valence-electron chi connectivity index (χ0n) is 13.5. The van der Waals surface area contributed by atoms with Crippen molar-refractivity contribution in [3.05, 3.63) is 42.1 Å². The number of nitrogens with one attached hydrogen (secondary N) is 2. The highest BCUT2D eigenvalue weighted by Gasteiger charge is 2.14. The van der Waals surface area contributed by atoms with Crippen LogP contribution in [-0.4, -0.2) is 36.0 Å². The molecular formula is C17H19N3O4. The van der Waals surface area contributed by atoms with Gasteiger partial charge in [0, 0.05) is 11.9 Å². The van der Waals surface area contributed by atoms with Crippen LogP contribution in [-0.2, 0) is 9.53 Å². The predicted octanol–water partition coefficient (Wildman–Crippen LogP) is 1.87. The van der Waals surface area contributed by atoms with Crippen molar-refractivity contribution in [3.63, 3.8) is 0 Å². The third-order valence-corrected chi connectivity index (χ3v) is 3.07. The highest BCUT2D eigenvalue weighted by molar-refractivity contribution is 5.97. The summed E-state index contributed by atoms with van der Waals surface area (Å²) in [4.78, 5) is 39.1. The Morgan fingerprint density at radius 2 is 1.88 bits per heavy atom. The van der Waals surface area contributed by atoms with Crippen LogP contribution in [0, 0.1) is 5.92 Å². The molecule has 2 rings (SSSR count). The number of imide groups is 1. The van der Waals surface area contributed by atoms with Crippen LogP contribution in [0.25, 0.3) is 10.9 Å². The first-order chi connectivity index (χ1) is 11.5. The van der Waals surface area contributed by atoms with E-state index in [2.05, 4.69) is 15.6 Å². The van der Waals surface area contributed by atoms with Crippen LogP contribution < -0.4 is 10.6 Å². The highest BCUT2D eigenvalue weighted by atomic mass is 16.5. The van der Waals surface area contributed by atoms with Gasteiger partial charge in [-0.2, -0.15) is 0 Å². The quantitative estimate of drug-likeness (QED) is 0.816. The maximum Gasteiger partial charge on any atom is 0.357 e. The average molecular weight is 329 g/mol. The van der Waals surface area contributed by atoms with E-state index in [1.54, 1.807) is 12.1 Å². The smallest absolute Gasteiger partial charge is 0.357 e. The second-order valence-corrected chi connectivity index (χ2v) is 5.62. The number of amides is 3. The van der Waals surface area contributed by atoms with Crippen molar-refractivity contribution < 1.29 is 19.1 Å². The number of para-hydroxylation sites is 1. The first kappa shape index (κ1) is 17.4. The Labute approximate surface area is 139 Å². The molecule has 0 spiro atoms. The minimum atomic E-state index is -0.724. The molecule has 24 heavy (non-hydrogen) atoms. The number of urea groups is 1. The molecule has 0 bridgehead atoms. The standard InChI is InChI=1S/C17H19N3O4/c1-11(2)9-18-17(23)20-15(21)10-24-16(22)14-8-7-12-5-3-4-6-13(12)19-14/h3-8,11H,9-10H2,1-2H3,(H2,18,20,21,23). The van der Waals surface area contributed by atoms with Crippen LogP contribution in [0.1, 0.15) is 24.3 Å². The first-order valence-electron chi connectivity index (χ1n) is 7.56.